The van der Waals surface area contributed by atoms with E-state index in [1.807, 2.05) is 61.2 Å². The highest BCUT2D eigenvalue weighted by atomic mass is 16.3. The van der Waals surface area contributed by atoms with Crippen LogP contribution in [0.15, 0.2) is 155 Å². The van der Waals surface area contributed by atoms with E-state index in [4.69, 9.17) is 8.83 Å². The van der Waals surface area contributed by atoms with Gasteiger partial charge in [0.25, 0.3) is 0 Å². The topological polar surface area (TPSA) is 52.1 Å². The van der Waals surface area contributed by atoms with Gasteiger partial charge in [0, 0.05) is 57.5 Å². The average Bonchev–Trinajstić information content (AvgIpc) is 3.70. The highest BCUT2D eigenvalue weighted by Gasteiger charge is 2.18. The van der Waals surface area contributed by atoms with Gasteiger partial charge in [0.05, 0.1) is 0 Å². The van der Waals surface area contributed by atoms with Crippen LogP contribution < -0.4 is 0 Å². The first kappa shape index (κ1) is 25.6. The molecule has 0 radical (unpaired) electrons. The maximum absolute atomic E-state index is 6.41. The second kappa shape index (κ2) is 9.50. The summed E-state index contributed by atoms with van der Waals surface area (Å²) in [6, 6.07) is 43.2. The maximum Gasteiger partial charge on any atom is 0.136 e. The molecule has 48 heavy (non-hydrogen) atoms. The molecule has 0 amide bonds. The lowest BCUT2D eigenvalue weighted by atomic mass is 9.88. The molecule has 4 heteroatoms. The van der Waals surface area contributed by atoms with Crippen molar-refractivity contribution in [2.45, 2.75) is 0 Å². The third-order valence-corrected chi connectivity index (χ3v) is 9.96. The van der Waals surface area contributed by atoms with Crippen LogP contribution in [0.1, 0.15) is 0 Å². The summed E-state index contributed by atoms with van der Waals surface area (Å²) in [7, 11) is 0. The summed E-state index contributed by atoms with van der Waals surface area (Å²) in [5.41, 5.74) is 8.01. The summed E-state index contributed by atoms with van der Waals surface area (Å²) in [5.74, 6) is 0. The zero-order valence-corrected chi connectivity index (χ0v) is 25.6. The quantitative estimate of drug-likeness (QED) is 0.144. The fourth-order valence-electron chi connectivity index (χ4n) is 7.76. The summed E-state index contributed by atoms with van der Waals surface area (Å²) in [4.78, 5) is 8.98. The maximum atomic E-state index is 6.41. The van der Waals surface area contributed by atoms with E-state index in [1.54, 1.807) is 0 Å². The Labute approximate surface area is 273 Å². The highest BCUT2D eigenvalue weighted by molar-refractivity contribution is 6.26. The van der Waals surface area contributed by atoms with Gasteiger partial charge in [-0.2, -0.15) is 0 Å². The van der Waals surface area contributed by atoms with Gasteiger partial charge in [-0.3, -0.25) is 9.97 Å². The van der Waals surface area contributed by atoms with Gasteiger partial charge in [-0.1, -0.05) is 48.5 Å². The van der Waals surface area contributed by atoms with Crippen molar-refractivity contribution in [1.29, 1.82) is 0 Å². The molecule has 0 aliphatic heterocycles. The van der Waals surface area contributed by atoms with Gasteiger partial charge in [-0.15, -0.1) is 0 Å². The fraction of sp³-hybridized carbons (Fsp3) is 0. The minimum Gasteiger partial charge on any atom is -0.456 e. The molecule has 11 aromatic rings. The van der Waals surface area contributed by atoms with E-state index in [-0.39, 0.29) is 0 Å². The third kappa shape index (κ3) is 3.60. The Morgan fingerprint density at radius 1 is 0.333 bits per heavy atom. The molecule has 0 N–H and O–H groups in total. The van der Waals surface area contributed by atoms with Crippen molar-refractivity contribution < 1.29 is 8.83 Å². The van der Waals surface area contributed by atoms with Crippen LogP contribution in [-0.4, -0.2) is 9.97 Å². The van der Waals surface area contributed by atoms with E-state index in [0.717, 1.165) is 87.7 Å². The molecule has 0 spiro atoms. The predicted molar refractivity (Wildman–Crippen MR) is 197 cm³/mol. The molecular weight excluding hydrogens is 588 g/mol. The second-order valence-electron chi connectivity index (χ2n) is 12.6. The summed E-state index contributed by atoms with van der Waals surface area (Å²) in [6.07, 6.45) is 7.56. The molecule has 0 unspecified atom stereocenters. The molecule has 0 saturated heterocycles. The number of hydrogen-bond donors (Lipinski definition) is 0. The van der Waals surface area contributed by atoms with Crippen LogP contribution in [0.3, 0.4) is 0 Å². The number of nitrogens with zero attached hydrogens (tertiary/aromatic N) is 2. The Balaban J connectivity index is 1.31. The summed E-state index contributed by atoms with van der Waals surface area (Å²) >= 11 is 0. The largest absolute Gasteiger partial charge is 0.456 e. The van der Waals surface area contributed by atoms with Crippen LogP contribution in [-0.2, 0) is 0 Å². The molecule has 0 aliphatic rings. The van der Waals surface area contributed by atoms with Crippen LogP contribution >= 0.6 is 0 Å². The molecule has 0 fully saturated rings. The van der Waals surface area contributed by atoms with Crippen molar-refractivity contribution in [1.82, 2.24) is 9.97 Å². The lowest BCUT2D eigenvalue weighted by Gasteiger charge is -2.15. The van der Waals surface area contributed by atoms with E-state index in [9.17, 15) is 0 Å². The van der Waals surface area contributed by atoms with Crippen molar-refractivity contribution in [3.63, 3.8) is 0 Å². The van der Waals surface area contributed by atoms with Crippen LogP contribution in [0.25, 0.3) is 109 Å². The van der Waals surface area contributed by atoms with Gasteiger partial charge in [0.2, 0.25) is 0 Å². The van der Waals surface area contributed by atoms with Crippen molar-refractivity contribution >= 4 is 87.0 Å². The van der Waals surface area contributed by atoms with E-state index in [2.05, 4.69) is 94.9 Å². The Morgan fingerprint density at radius 2 is 0.812 bits per heavy atom. The summed E-state index contributed by atoms with van der Waals surface area (Å²) in [6.45, 7) is 0. The van der Waals surface area contributed by atoms with Gasteiger partial charge < -0.3 is 8.83 Å². The average molecular weight is 613 g/mol. The molecule has 11 rings (SSSR count). The van der Waals surface area contributed by atoms with E-state index in [1.165, 1.54) is 21.5 Å². The predicted octanol–water partition coefficient (Wildman–Crippen LogP) is 12.2. The molecule has 0 aliphatic carbocycles. The molecule has 4 heterocycles. The molecule has 0 saturated carbocycles. The number of pyridine rings is 2. The van der Waals surface area contributed by atoms with Crippen molar-refractivity contribution in [2.24, 2.45) is 0 Å². The summed E-state index contributed by atoms with van der Waals surface area (Å²) in [5, 5.41) is 13.8. The zero-order chi connectivity index (χ0) is 31.3. The zero-order valence-electron chi connectivity index (χ0n) is 25.6. The second-order valence-corrected chi connectivity index (χ2v) is 12.6. The number of aromatic nitrogens is 2. The van der Waals surface area contributed by atoms with Gasteiger partial charge in [-0.25, -0.2) is 0 Å². The van der Waals surface area contributed by atoms with Crippen LogP contribution in [0.2, 0.25) is 0 Å². The molecule has 0 atom stereocenters. The number of furan rings is 2. The van der Waals surface area contributed by atoms with Crippen molar-refractivity contribution in [3.8, 4) is 22.3 Å². The van der Waals surface area contributed by atoms with Gasteiger partial charge in [-0.05, 0) is 127 Å². The number of benzene rings is 7. The first-order valence-electron chi connectivity index (χ1n) is 16.1. The van der Waals surface area contributed by atoms with Gasteiger partial charge >= 0.3 is 0 Å². The first-order chi connectivity index (χ1) is 23.8. The fourth-order valence-corrected chi connectivity index (χ4v) is 7.76. The SMILES string of the molecule is c1cncc(-c2cc3cc4c(cc(-c5cccnc5)c5cc6c(cc54)oc4ccccc46)cc3c3cc4oc5ccccc5c4cc23)c1. The Morgan fingerprint density at radius 3 is 1.27 bits per heavy atom. The van der Waals surface area contributed by atoms with Crippen molar-refractivity contribution in [2.75, 3.05) is 0 Å². The lowest BCUT2D eigenvalue weighted by Crippen LogP contribution is -1.89. The Hall–Kier alpha value is -6.52. The molecule has 0 bridgehead atoms. The number of rotatable bonds is 2. The molecule has 4 aromatic heterocycles. The van der Waals surface area contributed by atoms with Crippen LogP contribution in [0, 0.1) is 0 Å². The Kier molecular flexibility index (Phi) is 5.08. The third-order valence-electron chi connectivity index (χ3n) is 9.96. The van der Waals surface area contributed by atoms with Crippen molar-refractivity contribution in [3.05, 3.63) is 146 Å². The highest BCUT2D eigenvalue weighted by Crippen LogP contribution is 2.44. The van der Waals surface area contributed by atoms with E-state index >= 15 is 0 Å². The van der Waals surface area contributed by atoms with E-state index < -0.39 is 0 Å². The molecule has 7 aromatic carbocycles. The van der Waals surface area contributed by atoms with E-state index in [0.29, 0.717) is 0 Å². The number of para-hydroxylation sites is 2. The Bertz CT molecular complexity index is 2890. The number of hydrogen-bond acceptors (Lipinski definition) is 4. The first-order valence-corrected chi connectivity index (χ1v) is 16.1. The smallest absolute Gasteiger partial charge is 0.136 e. The molecular formula is C44H24N2O2. The van der Waals surface area contributed by atoms with Gasteiger partial charge in [0.15, 0.2) is 0 Å². The van der Waals surface area contributed by atoms with Crippen LogP contribution in [0.5, 0.6) is 0 Å². The standard InChI is InChI=1S/C44H24N2O2/c1-3-11-41-29(9-1)39-19-35-31(25-7-5-13-45-23-25)15-27-18-34-28(17-33(27)37(35)21-43(39)47-41)16-32(26-8-6-14-46-24-26)36-20-40-30-10-2-4-12-42(30)48-44(40)22-38(34)36/h1-24H. The molecule has 4 nitrogen and oxygen atoms in total. The normalized spacial score (nSPS) is 12.2. The molecule has 222 valence electrons. The van der Waals surface area contributed by atoms with Crippen LogP contribution in [0.4, 0.5) is 0 Å². The lowest BCUT2D eigenvalue weighted by molar-refractivity contribution is 0.669. The van der Waals surface area contributed by atoms with Gasteiger partial charge in [0.1, 0.15) is 22.3 Å². The monoisotopic (exact) mass is 612 g/mol. The summed E-state index contributed by atoms with van der Waals surface area (Å²) < 4.78 is 12.8. The minimum atomic E-state index is 0.885. The number of fused-ring (bicyclic) bond motifs is 12. The minimum absolute atomic E-state index is 0.885.